The van der Waals surface area contributed by atoms with Gasteiger partial charge in [-0.3, -0.25) is 15.5 Å². The monoisotopic (exact) mass is 210 g/mol. The van der Waals surface area contributed by atoms with E-state index in [4.69, 9.17) is 6.42 Å². The number of hydrogen-bond donors (Lipinski definition) is 2. The van der Waals surface area contributed by atoms with E-state index in [2.05, 4.69) is 28.6 Å². The van der Waals surface area contributed by atoms with E-state index in [1.54, 1.807) is 0 Å². The smallest absolute Gasteiger partial charge is 0.248 e. The molecule has 1 heterocycles. The number of carbonyl (C=O) groups excluding carboxylic acids is 1. The van der Waals surface area contributed by atoms with Gasteiger partial charge in [0.25, 0.3) is 0 Å². The van der Waals surface area contributed by atoms with Crippen molar-refractivity contribution in [2.75, 3.05) is 46.3 Å². The third-order valence-electron chi connectivity index (χ3n) is 2.30. The van der Waals surface area contributed by atoms with Crippen molar-refractivity contribution in [2.45, 2.75) is 0 Å². The lowest BCUT2D eigenvalue weighted by Gasteiger charge is -2.32. The minimum atomic E-state index is -0.0326. The van der Waals surface area contributed by atoms with E-state index in [-0.39, 0.29) is 12.5 Å². The zero-order valence-electron chi connectivity index (χ0n) is 9.12. The lowest BCUT2D eigenvalue weighted by Crippen LogP contribution is -2.54. The van der Waals surface area contributed by atoms with Crippen molar-refractivity contribution in [2.24, 2.45) is 0 Å². The van der Waals surface area contributed by atoms with Gasteiger partial charge in [-0.1, -0.05) is 5.92 Å². The van der Waals surface area contributed by atoms with Gasteiger partial charge in [-0.25, -0.2) is 5.01 Å². The highest BCUT2D eigenvalue weighted by atomic mass is 16.2. The van der Waals surface area contributed by atoms with E-state index in [9.17, 15) is 4.79 Å². The van der Waals surface area contributed by atoms with Crippen LogP contribution in [0.25, 0.3) is 0 Å². The quantitative estimate of drug-likeness (QED) is 0.437. The van der Waals surface area contributed by atoms with Crippen LogP contribution >= 0.6 is 0 Å². The zero-order chi connectivity index (χ0) is 11.1. The number of hydrazine groups is 1. The normalized spacial score (nSPS) is 18.4. The van der Waals surface area contributed by atoms with Crippen LogP contribution in [-0.2, 0) is 4.79 Å². The summed E-state index contributed by atoms with van der Waals surface area (Å²) in [6.07, 6.45) is 5.05. The zero-order valence-corrected chi connectivity index (χ0v) is 9.12. The van der Waals surface area contributed by atoms with Crippen LogP contribution < -0.4 is 10.7 Å². The van der Waals surface area contributed by atoms with Gasteiger partial charge in [-0.05, 0) is 7.05 Å². The maximum absolute atomic E-state index is 11.4. The number of rotatable bonds is 4. The van der Waals surface area contributed by atoms with Crippen molar-refractivity contribution < 1.29 is 4.79 Å². The number of hydrogen-bond acceptors (Lipinski definition) is 4. The van der Waals surface area contributed by atoms with E-state index in [0.29, 0.717) is 6.54 Å². The minimum absolute atomic E-state index is 0.0326. The van der Waals surface area contributed by atoms with Crippen molar-refractivity contribution in [3.05, 3.63) is 0 Å². The molecule has 2 N–H and O–H groups in total. The molecule has 0 radical (unpaired) electrons. The third-order valence-corrected chi connectivity index (χ3v) is 2.30. The van der Waals surface area contributed by atoms with E-state index < -0.39 is 0 Å². The Morgan fingerprint density at radius 1 is 1.40 bits per heavy atom. The van der Waals surface area contributed by atoms with Gasteiger partial charge in [0.2, 0.25) is 5.91 Å². The average molecular weight is 210 g/mol. The average Bonchev–Trinajstić information content (AvgIpc) is 2.22. The molecular weight excluding hydrogens is 192 g/mol. The largest absolute Gasteiger partial charge is 0.304 e. The van der Waals surface area contributed by atoms with Crippen LogP contribution in [-0.4, -0.2) is 62.1 Å². The van der Waals surface area contributed by atoms with Crippen molar-refractivity contribution in [1.29, 1.82) is 0 Å². The van der Waals surface area contributed by atoms with Gasteiger partial charge in [0.1, 0.15) is 0 Å². The first-order valence-corrected chi connectivity index (χ1v) is 5.09. The fourth-order valence-electron chi connectivity index (χ4n) is 1.38. The molecule has 0 aromatic rings. The molecule has 1 aliphatic rings. The molecule has 1 fully saturated rings. The number of carbonyl (C=O) groups is 1. The summed E-state index contributed by atoms with van der Waals surface area (Å²) >= 11 is 0. The summed E-state index contributed by atoms with van der Waals surface area (Å²) in [4.78, 5) is 13.6. The standard InChI is InChI=1S/C10H18N4O/c1-3-4-11-9-10(15)12-14-7-5-13(2)6-8-14/h1,11H,4-9H2,2H3,(H,12,15). The SMILES string of the molecule is C#CCNCC(=O)NN1CCN(C)CC1. The predicted molar refractivity (Wildman–Crippen MR) is 58.9 cm³/mol. The summed E-state index contributed by atoms with van der Waals surface area (Å²) in [5, 5.41) is 4.79. The lowest BCUT2D eigenvalue weighted by molar-refractivity contribution is -0.125. The summed E-state index contributed by atoms with van der Waals surface area (Å²) in [5.41, 5.74) is 2.83. The number of amides is 1. The molecule has 0 atom stereocenters. The fourth-order valence-corrected chi connectivity index (χ4v) is 1.38. The molecule has 1 rings (SSSR count). The first kappa shape index (κ1) is 12.0. The summed E-state index contributed by atoms with van der Waals surface area (Å²) < 4.78 is 0. The van der Waals surface area contributed by atoms with Gasteiger partial charge >= 0.3 is 0 Å². The highest BCUT2D eigenvalue weighted by molar-refractivity contribution is 5.77. The molecule has 0 bridgehead atoms. The number of piperazine rings is 1. The summed E-state index contributed by atoms with van der Waals surface area (Å²) in [7, 11) is 2.08. The molecule has 15 heavy (non-hydrogen) atoms. The van der Waals surface area contributed by atoms with Gasteiger partial charge in [0, 0.05) is 26.2 Å². The number of likely N-dealkylation sites (N-methyl/N-ethyl adjacent to an activating group) is 1. The number of terminal acetylenes is 1. The van der Waals surface area contributed by atoms with Gasteiger partial charge in [0.05, 0.1) is 13.1 Å². The van der Waals surface area contributed by atoms with Gasteiger partial charge < -0.3 is 4.90 Å². The molecular formula is C10H18N4O. The Kier molecular flexibility index (Phi) is 5.12. The van der Waals surface area contributed by atoms with Crippen molar-refractivity contribution in [3.63, 3.8) is 0 Å². The Bertz CT molecular complexity index is 240. The Labute approximate surface area is 90.8 Å². The van der Waals surface area contributed by atoms with Crippen molar-refractivity contribution in [3.8, 4) is 12.3 Å². The molecule has 0 aliphatic carbocycles. The molecule has 84 valence electrons. The Morgan fingerprint density at radius 3 is 2.67 bits per heavy atom. The summed E-state index contributed by atoms with van der Waals surface area (Å²) in [6, 6.07) is 0. The van der Waals surface area contributed by atoms with Crippen LogP contribution in [0.4, 0.5) is 0 Å². The maximum Gasteiger partial charge on any atom is 0.248 e. The molecule has 0 unspecified atom stereocenters. The molecule has 0 spiro atoms. The van der Waals surface area contributed by atoms with Gasteiger partial charge in [-0.2, -0.15) is 0 Å². The highest BCUT2D eigenvalue weighted by Gasteiger charge is 2.14. The number of nitrogens with one attached hydrogen (secondary N) is 2. The maximum atomic E-state index is 11.4. The Hall–Kier alpha value is -1.09. The second kappa shape index (κ2) is 6.40. The van der Waals surface area contributed by atoms with E-state index in [0.717, 1.165) is 26.2 Å². The topological polar surface area (TPSA) is 47.6 Å². The van der Waals surface area contributed by atoms with Crippen LogP contribution in [0.3, 0.4) is 0 Å². The first-order valence-electron chi connectivity index (χ1n) is 5.09. The second-order valence-corrected chi connectivity index (χ2v) is 3.63. The van der Waals surface area contributed by atoms with Crippen LogP contribution in [0.5, 0.6) is 0 Å². The van der Waals surface area contributed by atoms with E-state index in [1.807, 2.05) is 5.01 Å². The predicted octanol–water partition coefficient (Wildman–Crippen LogP) is -1.51. The molecule has 0 aromatic heterocycles. The first-order chi connectivity index (χ1) is 7.22. The van der Waals surface area contributed by atoms with E-state index >= 15 is 0 Å². The van der Waals surface area contributed by atoms with Crippen molar-refractivity contribution >= 4 is 5.91 Å². The Morgan fingerprint density at radius 2 is 2.07 bits per heavy atom. The molecule has 0 aromatic carbocycles. The second-order valence-electron chi connectivity index (χ2n) is 3.63. The van der Waals surface area contributed by atoms with Crippen LogP contribution in [0.2, 0.25) is 0 Å². The van der Waals surface area contributed by atoms with Crippen LogP contribution in [0.1, 0.15) is 0 Å². The Balaban J connectivity index is 2.13. The number of nitrogens with zero attached hydrogens (tertiary/aromatic N) is 2. The summed E-state index contributed by atoms with van der Waals surface area (Å²) in [6.45, 7) is 4.41. The summed E-state index contributed by atoms with van der Waals surface area (Å²) in [5.74, 6) is 2.39. The fraction of sp³-hybridized carbons (Fsp3) is 0.700. The molecule has 1 saturated heterocycles. The van der Waals surface area contributed by atoms with Crippen LogP contribution in [0, 0.1) is 12.3 Å². The molecule has 0 saturated carbocycles. The third kappa shape index (κ3) is 4.79. The van der Waals surface area contributed by atoms with Crippen LogP contribution in [0.15, 0.2) is 0 Å². The minimum Gasteiger partial charge on any atom is -0.304 e. The van der Waals surface area contributed by atoms with Gasteiger partial charge in [-0.15, -0.1) is 6.42 Å². The van der Waals surface area contributed by atoms with Crippen molar-refractivity contribution in [1.82, 2.24) is 20.7 Å². The molecule has 1 amide bonds. The van der Waals surface area contributed by atoms with Gasteiger partial charge in [0.15, 0.2) is 0 Å². The van der Waals surface area contributed by atoms with E-state index in [1.165, 1.54) is 0 Å². The highest BCUT2D eigenvalue weighted by Crippen LogP contribution is 1.94. The molecule has 1 aliphatic heterocycles. The molecule has 5 nitrogen and oxygen atoms in total. The molecule has 5 heteroatoms. The lowest BCUT2D eigenvalue weighted by atomic mass is 10.4.